The van der Waals surface area contributed by atoms with Crippen molar-refractivity contribution in [1.29, 1.82) is 0 Å². The molecular weight excluding hydrogens is 260 g/mol. The van der Waals surface area contributed by atoms with Crippen molar-refractivity contribution >= 4 is 5.82 Å². The van der Waals surface area contributed by atoms with E-state index in [1.54, 1.807) is 25.3 Å². The van der Waals surface area contributed by atoms with Crippen molar-refractivity contribution in [3.8, 4) is 11.6 Å². The summed E-state index contributed by atoms with van der Waals surface area (Å²) in [5.41, 5.74) is 1.09. The lowest BCUT2D eigenvalue weighted by molar-refractivity contribution is -0.391. The first-order chi connectivity index (χ1) is 9.45. The van der Waals surface area contributed by atoms with Crippen molar-refractivity contribution < 1.29 is 9.66 Å². The molecular formula is C13H16N4O3. The van der Waals surface area contributed by atoms with Crippen LogP contribution in [0.25, 0.3) is 5.69 Å². The van der Waals surface area contributed by atoms with Gasteiger partial charge in [-0.05, 0) is 4.92 Å². The molecule has 0 bridgehead atoms. The van der Waals surface area contributed by atoms with Gasteiger partial charge in [0.1, 0.15) is 11.4 Å². The summed E-state index contributed by atoms with van der Waals surface area (Å²) in [5, 5.41) is 11.4. The minimum Gasteiger partial charge on any atom is -0.481 e. The Balaban J connectivity index is 2.69. The third kappa shape index (κ3) is 2.34. The number of rotatable bonds is 4. The highest BCUT2D eigenvalue weighted by Gasteiger charge is 2.28. The van der Waals surface area contributed by atoms with E-state index in [1.165, 1.54) is 11.7 Å². The van der Waals surface area contributed by atoms with Crippen molar-refractivity contribution in [3.63, 3.8) is 0 Å². The summed E-state index contributed by atoms with van der Waals surface area (Å²) in [5.74, 6) is 0.925. The van der Waals surface area contributed by atoms with Crippen LogP contribution in [0.3, 0.4) is 0 Å². The largest absolute Gasteiger partial charge is 0.481 e. The molecule has 0 aromatic carbocycles. The second kappa shape index (κ2) is 5.28. The zero-order chi connectivity index (χ0) is 14.9. The third-order valence-electron chi connectivity index (χ3n) is 2.95. The summed E-state index contributed by atoms with van der Waals surface area (Å²) in [6.07, 6.45) is 1.55. The Labute approximate surface area is 116 Å². The van der Waals surface area contributed by atoms with E-state index < -0.39 is 4.92 Å². The molecule has 0 N–H and O–H groups in total. The summed E-state index contributed by atoms with van der Waals surface area (Å²) in [7, 11) is 1.50. The lowest BCUT2D eigenvalue weighted by Crippen LogP contribution is -2.04. The van der Waals surface area contributed by atoms with Crippen LogP contribution in [-0.2, 0) is 0 Å². The summed E-state index contributed by atoms with van der Waals surface area (Å²) < 4.78 is 6.57. The highest BCUT2D eigenvalue weighted by Crippen LogP contribution is 2.30. The summed E-state index contributed by atoms with van der Waals surface area (Å²) >= 11 is 0. The molecule has 7 nitrogen and oxygen atoms in total. The van der Waals surface area contributed by atoms with E-state index in [0.717, 1.165) is 0 Å². The number of imidazole rings is 1. The van der Waals surface area contributed by atoms with Crippen LogP contribution in [-0.4, -0.2) is 26.6 Å². The Kier molecular flexibility index (Phi) is 3.69. The number of hydrogen-bond donors (Lipinski definition) is 0. The molecule has 0 aliphatic carbocycles. The maximum Gasteiger partial charge on any atom is 0.351 e. The van der Waals surface area contributed by atoms with Gasteiger partial charge in [0.25, 0.3) is 0 Å². The second-order valence-corrected chi connectivity index (χ2v) is 4.67. The first-order valence-corrected chi connectivity index (χ1v) is 6.19. The van der Waals surface area contributed by atoms with Crippen molar-refractivity contribution in [2.45, 2.75) is 26.7 Å². The zero-order valence-corrected chi connectivity index (χ0v) is 11.8. The lowest BCUT2D eigenvalue weighted by Gasteiger charge is -2.05. The van der Waals surface area contributed by atoms with Crippen LogP contribution in [0.1, 0.15) is 31.3 Å². The van der Waals surface area contributed by atoms with Gasteiger partial charge in [-0.3, -0.25) is 0 Å². The number of nitro groups is 1. The van der Waals surface area contributed by atoms with E-state index in [0.29, 0.717) is 23.1 Å². The molecule has 0 spiro atoms. The number of pyridine rings is 1. The zero-order valence-electron chi connectivity index (χ0n) is 11.8. The first-order valence-electron chi connectivity index (χ1n) is 6.19. The van der Waals surface area contributed by atoms with Gasteiger partial charge >= 0.3 is 5.82 Å². The van der Waals surface area contributed by atoms with Crippen LogP contribution in [0.4, 0.5) is 5.82 Å². The molecule has 0 unspecified atom stereocenters. The Bertz CT molecular complexity index is 649. The SMILES string of the molecule is COc1cc(-n2c(C)nc(C(C)C)c2[N+](=O)[O-])ccn1. The minimum absolute atomic E-state index is 0.00856. The topological polar surface area (TPSA) is 83.1 Å². The van der Waals surface area contributed by atoms with Gasteiger partial charge in [0.15, 0.2) is 5.82 Å². The van der Waals surface area contributed by atoms with E-state index in [1.807, 2.05) is 13.8 Å². The molecule has 0 saturated heterocycles. The van der Waals surface area contributed by atoms with Crippen molar-refractivity contribution in [2.75, 3.05) is 7.11 Å². The van der Waals surface area contributed by atoms with Gasteiger partial charge in [-0.15, -0.1) is 0 Å². The predicted octanol–water partition coefficient (Wildman–Crippen LogP) is 2.62. The maximum absolute atomic E-state index is 11.4. The van der Waals surface area contributed by atoms with Crippen LogP contribution in [0, 0.1) is 17.0 Å². The molecule has 0 fully saturated rings. The number of aryl methyl sites for hydroxylation is 1. The fourth-order valence-corrected chi connectivity index (χ4v) is 2.06. The summed E-state index contributed by atoms with van der Waals surface area (Å²) in [6, 6.07) is 3.33. The average Bonchev–Trinajstić information content (AvgIpc) is 2.77. The summed E-state index contributed by atoms with van der Waals surface area (Å²) in [6.45, 7) is 5.50. The number of aromatic nitrogens is 3. The van der Waals surface area contributed by atoms with Crippen molar-refractivity contribution in [1.82, 2.24) is 14.5 Å². The Hall–Kier alpha value is -2.44. The quantitative estimate of drug-likeness (QED) is 0.633. The molecule has 0 amide bonds. The maximum atomic E-state index is 11.4. The average molecular weight is 276 g/mol. The normalized spacial score (nSPS) is 10.8. The van der Waals surface area contributed by atoms with Crippen LogP contribution in [0.2, 0.25) is 0 Å². The van der Waals surface area contributed by atoms with Gasteiger partial charge in [0.05, 0.1) is 7.11 Å². The predicted molar refractivity (Wildman–Crippen MR) is 73.4 cm³/mol. The molecule has 0 saturated carbocycles. The molecule has 7 heteroatoms. The van der Waals surface area contributed by atoms with E-state index in [-0.39, 0.29) is 11.7 Å². The fraction of sp³-hybridized carbons (Fsp3) is 0.385. The molecule has 2 rings (SSSR count). The molecule has 2 aromatic heterocycles. The molecule has 0 radical (unpaired) electrons. The number of ether oxygens (including phenoxy) is 1. The van der Waals surface area contributed by atoms with E-state index in [9.17, 15) is 10.1 Å². The van der Waals surface area contributed by atoms with Crippen LogP contribution >= 0.6 is 0 Å². The first kappa shape index (κ1) is 14.0. The Morgan fingerprint density at radius 2 is 2.15 bits per heavy atom. The van der Waals surface area contributed by atoms with Gasteiger partial charge in [-0.1, -0.05) is 13.8 Å². The van der Waals surface area contributed by atoms with Crippen LogP contribution < -0.4 is 4.74 Å². The molecule has 0 atom stereocenters. The van der Waals surface area contributed by atoms with E-state index in [2.05, 4.69) is 9.97 Å². The smallest absolute Gasteiger partial charge is 0.351 e. The van der Waals surface area contributed by atoms with Gasteiger partial charge in [0, 0.05) is 31.2 Å². The third-order valence-corrected chi connectivity index (χ3v) is 2.95. The number of hydrogen-bond acceptors (Lipinski definition) is 5. The monoisotopic (exact) mass is 276 g/mol. The van der Waals surface area contributed by atoms with Crippen LogP contribution in [0.5, 0.6) is 5.88 Å². The van der Waals surface area contributed by atoms with Gasteiger partial charge < -0.3 is 14.9 Å². The van der Waals surface area contributed by atoms with Gasteiger partial charge in [-0.25, -0.2) is 9.97 Å². The molecule has 2 heterocycles. The number of methoxy groups -OCH3 is 1. The lowest BCUT2D eigenvalue weighted by atomic mass is 10.1. The standard InChI is InChI=1S/C13H16N4O3/c1-8(2)12-13(17(18)19)16(9(3)15-12)10-5-6-14-11(7-10)20-4/h5-8H,1-4H3. The number of nitrogens with zero attached hydrogens (tertiary/aromatic N) is 4. The highest BCUT2D eigenvalue weighted by molar-refractivity contribution is 5.46. The molecule has 0 aliphatic rings. The molecule has 0 aliphatic heterocycles. The molecule has 2 aromatic rings. The minimum atomic E-state index is -0.401. The summed E-state index contributed by atoms with van der Waals surface area (Å²) in [4.78, 5) is 19.3. The van der Waals surface area contributed by atoms with Crippen molar-refractivity contribution in [3.05, 3.63) is 40.0 Å². The van der Waals surface area contributed by atoms with Gasteiger partial charge in [-0.2, -0.15) is 4.57 Å². The van der Waals surface area contributed by atoms with E-state index >= 15 is 0 Å². The highest BCUT2D eigenvalue weighted by atomic mass is 16.6. The Morgan fingerprint density at radius 1 is 1.45 bits per heavy atom. The molecule has 20 heavy (non-hydrogen) atoms. The molecule has 106 valence electrons. The van der Waals surface area contributed by atoms with Gasteiger partial charge in [0.2, 0.25) is 5.88 Å². The Morgan fingerprint density at radius 3 is 2.70 bits per heavy atom. The fourth-order valence-electron chi connectivity index (χ4n) is 2.06. The second-order valence-electron chi connectivity index (χ2n) is 4.67. The van der Waals surface area contributed by atoms with E-state index in [4.69, 9.17) is 4.74 Å². The van der Waals surface area contributed by atoms with Crippen molar-refractivity contribution in [2.24, 2.45) is 0 Å². The van der Waals surface area contributed by atoms with Crippen LogP contribution in [0.15, 0.2) is 18.3 Å².